The molecule has 3 heterocycles. The number of carbonyl (C=O) groups is 2. The van der Waals surface area contributed by atoms with Gasteiger partial charge in [-0.15, -0.1) is 0 Å². The molecule has 0 aliphatic carbocycles. The monoisotopic (exact) mass is 519 g/mol. The second-order valence-electron chi connectivity index (χ2n) is 12.1. The number of anilines is 1. The van der Waals surface area contributed by atoms with E-state index in [1.807, 2.05) is 18.7 Å². The number of likely N-dealkylation sites (tertiary alicyclic amines) is 2. The molecule has 2 fully saturated rings. The first-order chi connectivity index (χ1) is 18.0. The highest BCUT2D eigenvalue weighted by atomic mass is 16.2. The summed E-state index contributed by atoms with van der Waals surface area (Å²) in [6.45, 7) is 16.6. The minimum Gasteiger partial charge on any atom is -0.380 e. The predicted molar refractivity (Wildman–Crippen MR) is 153 cm³/mol. The molecule has 0 radical (unpaired) electrons. The van der Waals surface area contributed by atoms with E-state index in [0.717, 1.165) is 55.7 Å². The van der Waals surface area contributed by atoms with Gasteiger partial charge in [-0.25, -0.2) is 4.98 Å². The van der Waals surface area contributed by atoms with Crippen LogP contribution in [0, 0.1) is 19.8 Å². The normalized spacial score (nSPS) is 19.1. The largest absolute Gasteiger partial charge is 0.380 e. The number of amides is 2. The number of piperidine rings is 1. The van der Waals surface area contributed by atoms with Crippen LogP contribution in [0.2, 0.25) is 0 Å². The fourth-order valence-corrected chi connectivity index (χ4v) is 5.97. The van der Waals surface area contributed by atoms with E-state index in [2.05, 4.69) is 62.2 Å². The smallest absolute Gasteiger partial charge is 0.272 e. The molecule has 0 spiro atoms. The fraction of sp³-hybridized carbons (Fsp3) is 0.581. The molecule has 1 atom stereocenters. The zero-order valence-corrected chi connectivity index (χ0v) is 24.1. The molecule has 2 aliphatic heterocycles. The van der Waals surface area contributed by atoms with Gasteiger partial charge in [0.15, 0.2) is 0 Å². The summed E-state index contributed by atoms with van der Waals surface area (Å²) in [4.78, 5) is 34.4. The van der Waals surface area contributed by atoms with E-state index in [1.54, 1.807) is 0 Å². The Morgan fingerprint density at radius 3 is 2.26 bits per heavy atom. The topological polar surface area (TPSA) is 91.6 Å². The van der Waals surface area contributed by atoms with Crippen molar-refractivity contribution in [1.82, 2.24) is 14.8 Å². The molecular formula is C31H45N5O2. The van der Waals surface area contributed by atoms with Crippen LogP contribution in [0.3, 0.4) is 0 Å². The number of pyridine rings is 1. The van der Waals surface area contributed by atoms with Crippen LogP contribution in [0.25, 0.3) is 0 Å². The summed E-state index contributed by atoms with van der Waals surface area (Å²) in [5.41, 5.74) is 12.8. The third-order valence-corrected chi connectivity index (χ3v) is 8.48. The van der Waals surface area contributed by atoms with E-state index in [0.29, 0.717) is 31.4 Å². The van der Waals surface area contributed by atoms with Crippen LogP contribution >= 0.6 is 0 Å². The molecule has 2 amide bonds. The van der Waals surface area contributed by atoms with Gasteiger partial charge in [0.05, 0.1) is 5.92 Å². The molecule has 0 bridgehead atoms. The van der Waals surface area contributed by atoms with E-state index in [4.69, 9.17) is 10.7 Å². The maximum atomic E-state index is 13.7. The molecular weight excluding hydrogens is 474 g/mol. The van der Waals surface area contributed by atoms with Crippen LogP contribution in [0.15, 0.2) is 24.3 Å². The van der Waals surface area contributed by atoms with E-state index in [-0.39, 0.29) is 23.1 Å². The van der Waals surface area contributed by atoms with Gasteiger partial charge < -0.3 is 16.0 Å². The average molecular weight is 520 g/mol. The molecule has 4 rings (SSSR count). The molecule has 1 aromatic carbocycles. The lowest BCUT2D eigenvalue weighted by Gasteiger charge is -2.37. The molecule has 2 aromatic rings. The number of primary amides is 1. The molecule has 7 nitrogen and oxygen atoms in total. The second kappa shape index (κ2) is 11.4. The number of nitrogens with two attached hydrogens (primary N) is 1. The van der Waals surface area contributed by atoms with Gasteiger partial charge in [0.1, 0.15) is 5.69 Å². The van der Waals surface area contributed by atoms with Gasteiger partial charge in [0.2, 0.25) is 5.91 Å². The second-order valence-corrected chi connectivity index (χ2v) is 12.1. The number of aromatic nitrogens is 1. The Morgan fingerprint density at radius 1 is 1.05 bits per heavy atom. The molecule has 7 heteroatoms. The average Bonchev–Trinajstić information content (AvgIpc) is 3.39. The Hall–Kier alpha value is -2.93. The Balaban J connectivity index is 1.45. The van der Waals surface area contributed by atoms with Crippen molar-refractivity contribution in [2.75, 3.05) is 31.5 Å². The zero-order valence-electron chi connectivity index (χ0n) is 24.1. The third-order valence-electron chi connectivity index (χ3n) is 8.48. The number of rotatable bonds is 7. The van der Waals surface area contributed by atoms with E-state index < -0.39 is 0 Å². The highest BCUT2D eigenvalue weighted by molar-refractivity contribution is 5.95. The van der Waals surface area contributed by atoms with Gasteiger partial charge in [-0.1, -0.05) is 52.0 Å². The van der Waals surface area contributed by atoms with Gasteiger partial charge in [-0.3, -0.25) is 14.5 Å². The summed E-state index contributed by atoms with van der Waals surface area (Å²) < 4.78 is 0. The van der Waals surface area contributed by atoms with Crippen molar-refractivity contribution in [3.05, 3.63) is 57.9 Å². The van der Waals surface area contributed by atoms with Crippen molar-refractivity contribution in [1.29, 1.82) is 0 Å². The molecule has 2 saturated heterocycles. The number of hydrogen-bond donors (Lipinski definition) is 2. The number of hydrogen-bond acceptors (Lipinski definition) is 5. The van der Waals surface area contributed by atoms with E-state index >= 15 is 0 Å². The van der Waals surface area contributed by atoms with Gasteiger partial charge in [0.25, 0.3) is 5.91 Å². The van der Waals surface area contributed by atoms with Crippen LogP contribution in [0.5, 0.6) is 0 Å². The van der Waals surface area contributed by atoms with Crippen molar-refractivity contribution in [3.8, 4) is 0 Å². The molecule has 3 N–H and O–H groups in total. The lowest BCUT2D eigenvalue weighted by molar-refractivity contribution is -0.121. The summed E-state index contributed by atoms with van der Waals surface area (Å²) in [6.07, 6.45) is 3.53. The van der Waals surface area contributed by atoms with Crippen molar-refractivity contribution >= 4 is 17.5 Å². The minimum absolute atomic E-state index is 0.0146. The molecule has 1 aromatic heterocycles. The minimum atomic E-state index is -0.195. The third kappa shape index (κ3) is 6.04. The number of aryl methyl sites for hydroxylation is 1. The van der Waals surface area contributed by atoms with Crippen LogP contribution in [0.1, 0.15) is 85.4 Å². The summed E-state index contributed by atoms with van der Waals surface area (Å²) in [5, 5.41) is 3.65. The summed E-state index contributed by atoms with van der Waals surface area (Å²) in [7, 11) is 0. The van der Waals surface area contributed by atoms with Gasteiger partial charge >= 0.3 is 0 Å². The number of benzene rings is 1. The lowest BCUT2D eigenvalue weighted by atomic mass is 9.87. The highest BCUT2D eigenvalue weighted by Gasteiger charge is 2.34. The maximum absolute atomic E-state index is 13.7. The standard InChI is InChI=1S/C31H45N5O2/c1-7-26-21(3)34-28(20(2)27(26)33-18-22-8-10-24(11-9-22)31(4,5)6)30(38)35-16-13-25(14-17-35)36-15-12-23(19-36)29(32)37/h8-11,23,25H,7,12-19H2,1-6H3,(H2,32,37)(H,33,34). The Morgan fingerprint density at radius 2 is 1.71 bits per heavy atom. The van der Waals surface area contributed by atoms with Gasteiger partial charge in [-0.2, -0.15) is 0 Å². The van der Waals surface area contributed by atoms with Crippen LogP contribution in [-0.2, 0) is 23.2 Å². The number of nitrogens with one attached hydrogen (secondary N) is 1. The summed E-state index contributed by atoms with van der Waals surface area (Å²) in [5.74, 6) is -0.219. The molecule has 206 valence electrons. The van der Waals surface area contributed by atoms with E-state index in [9.17, 15) is 9.59 Å². The van der Waals surface area contributed by atoms with Crippen LogP contribution in [-0.4, -0.2) is 58.8 Å². The van der Waals surface area contributed by atoms with Crippen molar-refractivity contribution in [3.63, 3.8) is 0 Å². The molecule has 0 saturated carbocycles. The number of nitrogens with zero attached hydrogens (tertiary/aromatic N) is 3. The summed E-state index contributed by atoms with van der Waals surface area (Å²) in [6, 6.07) is 9.19. The van der Waals surface area contributed by atoms with Crippen LogP contribution in [0.4, 0.5) is 5.69 Å². The van der Waals surface area contributed by atoms with E-state index in [1.165, 1.54) is 16.7 Å². The lowest BCUT2D eigenvalue weighted by Crippen LogP contribution is -2.46. The molecule has 2 aliphatic rings. The zero-order chi connectivity index (χ0) is 27.6. The SMILES string of the molecule is CCc1c(C)nc(C(=O)N2CCC(N3CCC(C(N)=O)C3)CC2)c(C)c1NCc1ccc(C(C)(C)C)cc1. The fourth-order valence-electron chi connectivity index (χ4n) is 5.97. The van der Waals surface area contributed by atoms with Gasteiger partial charge in [-0.05, 0) is 68.2 Å². The van der Waals surface area contributed by atoms with Crippen molar-refractivity contribution in [2.24, 2.45) is 11.7 Å². The first-order valence-corrected chi connectivity index (χ1v) is 14.2. The first-order valence-electron chi connectivity index (χ1n) is 14.2. The Kier molecular flexibility index (Phi) is 8.46. The van der Waals surface area contributed by atoms with Crippen molar-refractivity contribution < 1.29 is 9.59 Å². The first kappa shape index (κ1) is 28.1. The van der Waals surface area contributed by atoms with Crippen LogP contribution < -0.4 is 11.1 Å². The van der Waals surface area contributed by atoms with Gasteiger partial charge in [0, 0.05) is 49.2 Å². The molecule has 1 unspecified atom stereocenters. The number of carbonyl (C=O) groups excluding carboxylic acids is 2. The highest BCUT2D eigenvalue weighted by Crippen LogP contribution is 2.30. The summed E-state index contributed by atoms with van der Waals surface area (Å²) >= 11 is 0. The predicted octanol–water partition coefficient (Wildman–Crippen LogP) is 4.58. The maximum Gasteiger partial charge on any atom is 0.272 e. The van der Waals surface area contributed by atoms with Crippen molar-refractivity contribution in [2.45, 2.75) is 85.2 Å². The molecule has 38 heavy (non-hydrogen) atoms. The quantitative estimate of drug-likeness (QED) is 0.559. The Bertz CT molecular complexity index is 1160. The Labute approximate surface area is 228 Å².